The number of halogens is 6. The molecule has 4 aromatic rings. The number of hydrogen-bond acceptors (Lipinski definition) is 4. The third-order valence-corrected chi connectivity index (χ3v) is 5.61. The molecule has 0 bridgehead atoms. The number of aryl methyl sites for hydroxylation is 1. The topological polar surface area (TPSA) is 63.2 Å². The molecule has 182 valence electrons. The number of benzene rings is 3. The maximum absolute atomic E-state index is 13.0. The number of fused-ring (bicyclic) bond motifs is 1. The van der Waals surface area contributed by atoms with Gasteiger partial charge in [-0.2, -0.15) is 26.3 Å². The molecule has 3 aromatic carbocycles. The van der Waals surface area contributed by atoms with E-state index in [2.05, 4.69) is 10.3 Å². The first-order valence-corrected chi connectivity index (χ1v) is 10.7. The number of aromatic nitrogens is 1. The van der Waals surface area contributed by atoms with E-state index in [0.29, 0.717) is 23.6 Å². The van der Waals surface area contributed by atoms with E-state index in [-0.39, 0.29) is 11.8 Å². The van der Waals surface area contributed by atoms with Crippen LogP contribution in [0.25, 0.3) is 10.2 Å². The average Bonchev–Trinajstić information content (AvgIpc) is 3.13. The third-order valence-electron chi connectivity index (χ3n) is 4.66. The summed E-state index contributed by atoms with van der Waals surface area (Å²) >= 11 is 1.55. The van der Waals surface area contributed by atoms with Crippen LogP contribution in [0.1, 0.15) is 16.1 Å². The predicted octanol–water partition coefficient (Wildman–Crippen LogP) is 8.08. The van der Waals surface area contributed by atoms with Crippen molar-refractivity contribution in [3.05, 3.63) is 76.8 Å². The van der Waals surface area contributed by atoms with Crippen molar-refractivity contribution in [3.8, 4) is 11.5 Å². The molecular formula is C23H15F6N3O2S. The van der Waals surface area contributed by atoms with Gasteiger partial charge in [0.05, 0.1) is 26.4 Å². The minimum atomic E-state index is -5.02. The number of carbonyl (C=O) groups is 1. The second kappa shape index (κ2) is 9.10. The van der Waals surface area contributed by atoms with Gasteiger partial charge in [0.25, 0.3) is 0 Å². The van der Waals surface area contributed by atoms with E-state index in [1.165, 1.54) is 24.3 Å². The van der Waals surface area contributed by atoms with E-state index in [1.807, 2.05) is 18.3 Å². The number of amides is 2. The first-order chi connectivity index (χ1) is 16.4. The van der Waals surface area contributed by atoms with E-state index in [4.69, 9.17) is 4.74 Å². The Morgan fingerprint density at radius 1 is 0.800 bits per heavy atom. The number of ether oxygens (including phenoxy) is 1. The summed E-state index contributed by atoms with van der Waals surface area (Å²) in [5.74, 6) is 0.987. The van der Waals surface area contributed by atoms with E-state index < -0.39 is 35.2 Å². The van der Waals surface area contributed by atoms with Crippen LogP contribution in [-0.2, 0) is 12.4 Å². The Balaban J connectivity index is 1.43. The monoisotopic (exact) mass is 511 g/mol. The fraction of sp³-hybridized carbons (Fsp3) is 0.130. The van der Waals surface area contributed by atoms with Crippen LogP contribution in [0.2, 0.25) is 0 Å². The van der Waals surface area contributed by atoms with Gasteiger partial charge in [-0.3, -0.25) is 0 Å². The Morgan fingerprint density at radius 3 is 1.97 bits per heavy atom. The van der Waals surface area contributed by atoms with Crippen molar-refractivity contribution in [3.63, 3.8) is 0 Å². The molecule has 0 spiro atoms. The highest BCUT2D eigenvalue weighted by Crippen LogP contribution is 2.37. The van der Waals surface area contributed by atoms with Crippen LogP contribution in [0.3, 0.4) is 0 Å². The predicted molar refractivity (Wildman–Crippen MR) is 120 cm³/mol. The van der Waals surface area contributed by atoms with Crippen LogP contribution in [0.5, 0.6) is 11.5 Å². The van der Waals surface area contributed by atoms with Crippen LogP contribution in [0, 0.1) is 6.92 Å². The number of anilines is 2. The lowest BCUT2D eigenvalue weighted by atomic mass is 10.1. The summed E-state index contributed by atoms with van der Waals surface area (Å²) in [5.41, 5.74) is -2.69. The lowest BCUT2D eigenvalue weighted by Gasteiger charge is -2.15. The SMILES string of the molecule is Cc1nc2cc(Oc3ccc(NC(=O)Nc4cc(C(F)(F)F)cc(C(F)(F)F)c4)cc3)ccc2s1. The summed E-state index contributed by atoms with van der Waals surface area (Å²) in [5, 5.41) is 5.27. The molecule has 0 aliphatic carbocycles. The van der Waals surface area contributed by atoms with Gasteiger partial charge >= 0.3 is 18.4 Å². The number of nitrogens with one attached hydrogen (secondary N) is 2. The summed E-state index contributed by atoms with van der Waals surface area (Å²) in [7, 11) is 0. The van der Waals surface area contributed by atoms with Crippen LogP contribution in [0.15, 0.2) is 60.7 Å². The van der Waals surface area contributed by atoms with Gasteiger partial charge in [-0.1, -0.05) is 0 Å². The highest BCUT2D eigenvalue weighted by atomic mass is 32.1. The van der Waals surface area contributed by atoms with Crippen LogP contribution < -0.4 is 15.4 Å². The third kappa shape index (κ3) is 6.01. The number of urea groups is 1. The van der Waals surface area contributed by atoms with E-state index in [0.717, 1.165) is 15.2 Å². The first kappa shape index (κ1) is 24.3. The number of hydrogen-bond donors (Lipinski definition) is 2. The molecular weight excluding hydrogens is 496 g/mol. The molecule has 0 aliphatic rings. The maximum Gasteiger partial charge on any atom is 0.416 e. The highest BCUT2D eigenvalue weighted by molar-refractivity contribution is 7.18. The van der Waals surface area contributed by atoms with E-state index in [9.17, 15) is 31.1 Å². The zero-order valence-electron chi connectivity index (χ0n) is 17.7. The Hall–Kier alpha value is -3.80. The van der Waals surface area contributed by atoms with Crippen LogP contribution in [0.4, 0.5) is 42.5 Å². The molecule has 0 unspecified atom stereocenters. The molecule has 1 aromatic heterocycles. The van der Waals surface area contributed by atoms with Crippen molar-refractivity contribution in [1.29, 1.82) is 0 Å². The molecule has 0 saturated carbocycles. The largest absolute Gasteiger partial charge is 0.457 e. The Labute approximate surface area is 198 Å². The van der Waals surface area contributed by atoms with Crippen molar-refractivity contribution in [2.75, 3.05) is 10.6 Å². The molecule has 2 N–H and O–H groups in total. The Morgan fingerprint density at radius 2 is 1.37 bits per heavy atom. The molecule has 5 nitrogen and oxygen atoms in total. The second-order valence-corrected chi connectivity index (χ2v) is 8.60. The fourth-order valence-electron chi connectivity index (χ4n) is 3.15. The van der Waals surface area contributed by atoms with Gasteiger partial charge in [0.1, 0.15) is 11.5 Å². The van der Waals surface area contributed by atoms with E-state index >= 15 is 0 Å². The summed E-state index contributed by atoms with van der Waals surface area (Å²) in [6, 6.07) is 11.3. The van der Waals surface area contributed by atoms with E-state index in [1.54, 1.807) is 23.5 Å². The smallest absolute Gasteiger partial charge is 0.416 e. The van der Waals surface area contributed by atoms with Gasteiger partial charge in [0.15, 0.2) is 0 Å². The maximum atomic E-state index is 13.0. The normalized spacial score (nSPS) is 12.0. The van der Waals surface area contributed by atoms with Gasteiger partial charge < -0.3 is 15.4 Å². The first-order valence-electron chi connectivity index (χ1n) is 9.89. The van der Waals surface area contributed by atoms with Crippen molar-refractivity contribution >= 4 is 39.0 Å². The van der Waals surface area contributed by atoms with Crippen molar-refractivity contribution < 1.29 is 35.9 Å². The quantitative estimate of drug-likeness (QED) is 0.272. The molecule has 0 saturated heterocycles. The minimum absolute atomic E-state index is 0.0187. The molecule has 0 fully saturated rings. The number of thiazole rings is 1. The fourth-order valence-corrected chi connectivity index (χ4v) is 3.96. The number of alkyl halides is 6. The molecule has 4 rings (SSSR count). The Bertz CT molecular complexity index is 1350. The lowest BCUT2D eigenvalue weighted by molar-refractivity contribution is -0.143. The van der Waals surface area contributed by atoms with Gasteiger partial charge in [-0.25, -0.2) is 9.78 Å². The average molecular weight is 511 g/mol. The van der Waals surface area contributed by atoms with Gasteiger partial charge in [-0.05, 0) is 61.5 Å². The summed E-state index contributed by atoms with van der Waals surface area (Å²) < 4.78 is 84.7. The van der Waals surface area contributed by atoms with Crippen LogP contribution in [-0.4, -0.2) is 11.0 Å². The van der Waals surface area contributed by atoms with Crippen molar-refractivity contribution in [2.45, 2.75) is 19.3 Å². The molecule has 2 amide bonds. The molecule has 0 radical (unpaired) electrons. The zero-order chi connectivity index (χ0) is 25.4. The molecule has 0 aliphatic heterocycles. The standard InChI is InChI=1S/C23H15F6N3O2S/c1-12-30-19-11-18(6-7-20(19)35-12)34-17-4-2-15(3-5-17)31-21(33)32-16-9-13(22(24,25)26)8-14(10-16)23(27,28)29/h2-11H,1H3,(H2,31,32,33). The highest BCUT2D eigenvalue weighted by Gasteiger charge is 2.37. The summed E-state index contributed by atoms with van der Waals surface area (Å²) in [6.45, 7) is 1.90. The summed E-state index contributed by atoms with van der Waals surface area (Å²) in [6.07, 6.45) is -10.0. The molecule has 12 heteroatoms. The second-order valence-electron chi connectivity index (χ2n) is 7.36. The van der Waals surface area contributed by atoms with Gasteiger partial charge in [-0.15, -0.1) is 11.3 Å². The van der Waals surface area contributed by atoms with Gasteiger partial charge in [0.2, 0.25) is 0 Å². The van der Waals surface area contributed by atoms with Crippen molar-refractivity contribution in [1.82, 2.24) is 4.98 Å². The van der Waals surface area contributed by atoms with Crippen LogP contribution >= 0.6 is 11.3 Å². The summed E-state index contributed by atoms with van der Waals surface area (Å²) in [4.78, 5) is 16.6. The van der Waals surface area contributed by atoms with Gasteiger partial charge in [0, 0.05) is 17.4 Å². The van der Waals surface area contributed by atoms with Crippen molar-refractivity contribution in [2.24, 2.45) is 0 Å². The Kier molecular flexibility index (Phi) is 6.32. The zero-order valence-corrected chi connectivity index (χ0v) is 18.5. The number of rotatable bonds is 4. The molecule has 1 heterocycles. The molecule has 0 atom stereocenters. The molecule has 35 heavy (non-hydrogen) atoms. The lowest BCUT2D eigenvalue weighted by Crippen LogP contribution is -2.20. The number of carbonyl (C=O) groups excluding carboxylic acids is 1. The minimum Gasteiger partial charge on any atom is -0.457 e. The number of nitrogens with zero attached hydrogens (tertiary/aromatic N) is 1.